The van der Waals surface area contributed by atoms with Crippen LogP contribution in [0.5, 0.6) is 28.7 Å². The van der Waals surface area contributed by atoms with Crippen molar-refractivity contribution in [3.05, 3.63) is 72.4 Å². The van der Waals surface area contributed by atoms with E-state index in [0.717, 1.165) is 24.0 Å². The number of anilines is 2. The van der Waals surface area contributed by atoms with Gasteiger partial charge in [0, 0.05) is 55.8 Å². The average Bonchev–Trinajstić information content (AvgIpc) is 3.01. The van der Waals surface area contributed by atoms with Crippen LogP contribution in [-0.4, -0.2) is 66.3 Å². The molecule has 0 aliphatic carbocycles. The standard InChI is InChI=1S/C32H34N4O6/c1-39-27-6-3-4-7-28(27)42-24-10-8-23(9-11-24)35-31-22(20-33)21-34-26-19-30(29(40-2)18-25(26)31)41-17-5-14-36-15-12-32(37,38)13-16-36/h3-4,6-11,18-19,21,37-38H,5,12-17H2,1-2H3,(H,34,35). The molecule has 0 spiro atoms. The van der Waals surface area contributed by atoms with E-state index in [1.54, 1.807) is 20.4 Å². The first-order valence-corrected chi connectivity index (χ1v) is 13.8. The maximum absolute atomic E-state index is 9.82. The van der Waals surface area contributed by atoms with Crippen LogP contribution in [0.25, 0.3) is 10.9 Å². The van der Waals surface area contributed by atoms with Gasteiger partial charge in [-0.2, -0.15) is 5.26 Å². The maximum atomic E-state index is 9.82. The van der Waals surface area contributed by atoms with Crippen LogP contribution in [0.1, 0.15) is 24.8 Å². The lowest BCUT2D eigenvalue weighted by molar-refractivity contribution is -0.188. The lowest BCUT2D eigenvalue weighted by Crippen LogP contribution is -2.44. The molecule has 2 heterocycles. The lowest BCUT2D eigenvalue weighted by Gasteiger charge is -2.34. The zero-order valence-electron chi connectivity index (χ0n) is 23.7. The first-order valence-electron chi connectivity index (χ1n) is 13.8. The fourth-order valence-electron chi connectivity index (χ4n) is 4.88. The second-order valence-corrected chi connectivity index (χ2v) is 10.1. The third kappa shape index (κ3) is 6.83. The van der Waals surface area contributed by atoms with Crippen LogP contribution in [0, 0.1) is 11.3 Å². The van der Waals surface area contributed by atoms with Crippen LogP contribution in [0.4, 0.5) is 11.4 Å². The summed E-state index contributed by atoms with van der Waals surface area (Å²) < 4.78 is 23.0. The highest BCUT2D eigenvalue weighted by atomic mass is 16.5. The van der Waals surface area contributed by atoms with Crippen LogP contribution >= 0.6 is 0 Å². The number of para-hydroxylation sites is 2. The lowest BCUT2D eigenvalue weighted by atomic mass is 10.0. The summed E-state index contributed by atoms with van der Waals surface area (Å²) in [5.74, 6) is 1.45. The number of aliphatic hydroxyl groups is 2. The van der Waals surface area contributed by atoms with Crippen LogP contribution in [0.15, 0.2) is 66.9 Å². The summed E-state index contributed by atoms with van der Waals surface area (Å²) in [4.78, 5) is 6.70. The molecule has 0 saturated carbocycles. The molecule has 0 unspecified atom stereocenters. The average molecular weight is 571 g/mol. The largest absolute Gasteiger partial charge is 0.493 e. The molecule has 0 amide bonds. The zero-order chi connectivity index (χ0) is 29.5. The van der Waals surface area contributed by atoms with Gasteiger partial charge in [0.15, 0.2) is 28.8 Å². The quantitative estimate of drug-likeness (QED) is 0.163. The van der Waals surface area contributed by atoms with Gasteiger partial charge in [-0.3, -0.25) is 4.98 Å². The van der Waals surface area contributed by atoms with Crippen LogP contribution in [0.3, 0.4) is 0 Å². The number of hydrogen-bond donors (Lipinski definition) is 3. The number of methoxy groups -OCH3 is 2. The Morgan fingerprint density at radius 1 is 0.952 bits per heavy atom. The predicted octanol–water partition coefficient (Wildman–Crippen LogP) is 5.21. The molecule has 0 bridgehead atoms. The molecule has 1 aliphatic rings. The third-order valence-electron chi connectivity index (χ3n) is 7.23. The number of pyridine rings is 1. The van der Waals surface area contributed by atoms with E-state index in [4.69, 9.17) is 18.9 Å². The number of nitrogens with one attached hydrogen (secondary N) is 1. The van der Waals surface area contributed by atoms with Crippen LogP contribution in [0.2, 0.25) is 0 Å². The van der Waals surface area contributed by atoms with Crippen molar-refractivity contribution in [2.24, 2.45) is 0 Å². The highest BCUT2D eigenvalue weighted by Gasteiger charge is 2.29. The molecule has 3 aromatic carbocycles. The molecule has 1 aromatic heterocycles. The smallest absolute Gasteiger partial charge is 0.169 e. The molecule has 0 atom stereocenters. The van der Waals surface area contributed by atoms with Gasteiger partial charge in [-0.1, -0.05) is 12.1 Å². The topological polar surface area (TPSA) is 129 Å². The number of nitriles is 1. The van der Waals surface area contributed by atoms with Gasteiger partial charge < -0.3 is 39.4 Å². The SMILES string of the molecule is COc1cc2c(Nc3ccc(Oc4ccccc4OC)cc3)c(C#N)cnc2cc1OCCCN1CCC(O)(O)CC1. The first kappa shape index (κ1) is 29.0. The Balaban J connectivity index is 1.29. The minimum Gasteiger partial charge on any atom is -0.493 e. The fourth-order valence-corrected chi connectivity index (χ4v) is 4.88. The van der Waals surface area contributed by atoms with Gasteiger partial charge in [-0.15, -0.1) is 0 Å². The van der Waals surface area contributed by atoms with Gasteiger partial charge in [-0.05, 0) is 48.9 Å². The van der Waals surface area contributed by atoms with Crippen molar-refractivity contribution in [2.75, 3.05) is 45.8 Å². The molecule has 218 valence electrons. The second kappa shape index (κ2) is 13.0. The normalized spacial score (nSPS) is 14.6. The predicted molar refractivity (Wildman–Crippen MR) is 159 cm³/mol. The number of nitrogens with zero attached hydrogens (tertiary/aromatic N) is 3. The fraction of sp³-hybridized carbons (Fsp3) is 0.312. The van der Waals surface area contributed by atoms with E-state index in [-0.39, 0.29) is 0 Å². The molecule has 1 fully saturated rings. The Bertz CT molecular complexity index is 1560. The van der Waals surface area contributed by atoms with E-state index >= 15 is 0 Å². The van der Waals surface area contributed by atoms with E-state index < -0.39 is 5.79 Å². The summed E-state index contributed by atoms with van der Waals surface area (Å²) in [6, 6.07) is 20.7. The number of hydrogen-bond acceptors (Lipinski definition) is 10. The molecule has 0 radical (unpaired) electrons. The monoisotopic (exact) mass is 570 g/mol. The molecular formula is C32H34N4O6. The molecule has 10 heteroatoms. The van der Waals surface area contributed by atoms with Crippen molar-refractivity contribution in [3.8, 4) is 34.8 Å². The Morgan fingerprint density at radius 2 is 1.67 bits per heavy atom. The Morgan fingerprint density at radius 3 is 2.36 bits per heavy atom. The molecule has 3 N–H and O–H groups in total. The summed E-state index contributed by atoms with van der Waals surface area (Å²) in [5, 5.41) is 33.4. The van der Waals surface area contributed by atoms with Crippen molar-refractivity contribution in [1.82, 2.24) is 9.88 Å². The van der Waals surface area contributed by atoms with Crippen molar-refractivity contribution < 1.29 is 29.2 Å². The minimum absolute atomic E-state index is 0.347. The number of aromatic nitrogens is 1. The molecule has 42 heavy (non-hydrogen) atoms. The minimum atomic E-state index is -1.55. The summed E-state index contributed by atoms with van der Waals surface area (Å²) in [6.45, 7) is 2.55. The van der Waals surface area contributed by atoms with Gasteiger partial charge in [0.1, 0.15) is 11.8 Å². The number of likely N-dealkylation sites (tertiary alicyclic amines) is 1. The van der Waals surface area contributed by atoms with Gasteiger partial charge in [0.05, 0.1) is 37.6 Å². The molecule has 4 aromatic rings. The highest BCUT2D eigenvalue weighted by Crippen LogP contribution is 2.38. The van der Waals surface area contributed by atoms with E-state index in [0.29, 0.717) is 78.1 Å². The first-order chi connectivity index (χ1) is 20.4. The van der Waals surface area contributed by atoms with Crippen LogP contribution in [-0.2, 0) is 0 Å². The number of rotatable bonds is 11. The molecule has 1 aliphatic heterocycles. The van der Waals surface area contributed by atoms with Gasteiger partial charge in [-0.25, -0.2) is 0 Å². The summed E-state index contributed by atoms with van der Waals surface area (Å²) >= 11 is 0. The maximum Gasteiger partial charge on any atom is 0.169 e. The summed E-state index contributed by atoms with van der Waals surface area (Å²) in [5.41, 5.74) is 2.42. The summed E-state index contributed by atoms with van der Waals surface area (Å²) in [6.07, 6.45) is 3.01. The highest BCUT2D eigenvalue weighted by molar-refractivity contribution is 5.97. The van der Waals surface area contributed by atoms with E-state index in [1.165, 1.54) is 0 Å². The second-order valence-electron chi connectivity index (χ2n) is 10.1. The van der Waals surface area contributed by atoms with Crippen molar-refractivity contribution in [1.29, 1.82) is 5.26 Å². The van der Waals surface area contributed by atoms with Gasteiger partial charge in [0.25, 0.3) is 0 Å². The Hall–Kier alpha value is -4.56. The summed E-state index contributed by atoms with van der Waals surface area (Å²) in [7, 11) is 3.18. The molecule has 1 saturated heterocycles. The van der Waals surface area contributed by atoms with E-state index in [2.05, 4.69) is 21.3 Å². The van der Waals surface area contributed by atoms with Crippen LogP contribution < -0.4 is 24.3 Å². The number of ether oxygens (including phenoxy) is 4. The Labute approximate surface area is 244 Å². The van der Waals surface area contributed by atoms with Crippen molar-refractivity contribution in [2.45, 2.75) is 25.0 Å². The molecule has 5 rings (SSSR count). The van der Waals surface area contributed by atoms with Gasteiger partial charge >= 0.3 is 0 Å². The molecule has 10 nitrogen and oxygen atoms in total. The van der Waals surface area contributed by atoms with Crippen molar-refractivity contribution in [3.63, 3.8) is 0 Å². The number of benzene rings is 3. The van der Waals surface area contributed by atoms with E-state index in [1.807, 2.05) is 60.7 Å². The van der Waals surface area contributed by atoms with Gasteiger partial charge in [0.2, 0.25) is 0 Å². The Kier molecular flexibility index (Phi) is 8.93. The van der Waals surface area contributed by atoms with Crippen molar-refractivity contribution >= 4 is 22.3 Å². The van der Waals surface area contributed by atoms with E-state index in [9.17, 15) is 15.5 Å². The molecular weight excluding hydrogens is 536 g/mol. The number of fused-ring (bicyclic) bond motifs is 1. The third-order valence-corrected chi connectivity index (χ3v) is 7.23. The zero-order valence-corrected chi connectivity index (χ0v) is 23.7. The number of piperidine rings is 1.